The van der Waals surface area contributed by atoms with Crippen LogP contribution in [-0.4, -0.2) is 51.0 Å². The first kappa shape index (κ1) is 26.9. The number of imidazole rings is 1. The minimum atomic E-state index is -1.34. The predicted molar refractivity (Wildman–Crippen MR) is 151 cm³/mol. The summed E-state index contributed by atoms with van der Waals surface area (Å²) in [5.74, 6) is -1.11. The molecule has 3 aliphatic heterocycles. The molecule has 0 bridgehead atoms. The molecule has 0 radical (unpaired) electrons. The molecule has 2 aromatic heterocycles. The van der Waals surface area contributed by atoms with Crippen LogP contribution in [0, 0.1) is 5.82 Å². The molecular formula is C31H27ClFN3O6. The largest absolute Gasteiger partial charge is 0.477 e. The van der Waals surface area contributed by atoms with E-state index in [2.05, 4.69) is 11.1 Å². The van der Waals surface area contributed by atoms with E-state index in [0.29, 0.717) is 60.3 Å². The van der Waals surface area contributed by atoms with Crippen molar-refractivity contribution in [1.29, 1.82) is 0 Å². The van der Waals surface area contributed by atoms with Gasteiger partial charge in [-0.2, -0.15) is 0 Å². The fourth-order valence-corrected chi connectivity index (χ4v) is 5.80. The zero-order valence-corrected chi connectivity index (χ0v) is 23.4. The predicted octanol–water partition coefficient (Wildman–Crippen LogP) is 5.77. The lowest BCUT2D eigenvalue weighted by molar-refractivity contribution is -0.0708. The van der Waals surface area contributed by atoms with Crippen molar-refractivity contribution in [3.8, 4) is 11.5 Å². The van der Waals surface area contributed by atoms with Crippen molar-refractivity contribution in [3.05, 3.63) is 88.1 Å². The monoisotopic (exact) mass is 591 g/mol. The molecule has 1 saturated heterocycles. The van der Waals surface area contributed by atoms with Crippen molar-refractivity contribution < 1.29 is 33.2 Å². The van der Waals surface area contributed by atoms with Crippen LogP contribution in [0.5, 0.6) is 11.5 Å². The lowest BCUT2D eigenvalue weighted by Crippen LogP contribution is -2.33. The summed E-state index contributed by atoms with van der Waals surface area (Å²) < 4.78 is 41.0. The second-order valence-electron chi connectivity index (χ2n) is 10.8. The molecule has 216 valence electrons. The van der Waals surface area contributed by atoms with Crippen LogP contribution >= 0.6 is 11.6 Å². The van der Waals surface area contributed by atoms with Gasteiger partial charge in [0.2, 0.25) is 0 Å². The molecule has 0 aliphatic carbocycles. The molecule has 3 aliphatic rings. The number of carboxylic acids is 1. The summed E-state index contributed by atoms with van der Waals surface area (Å²) in [5.41, 5.74) is 3.16. The van der Waals surface area contributed by atoms with Gasteiger partial charge >= 0.3 is 5.97 Å². The van der Waals surface area contributed by atoms with Crippen LogP contribution in [0.25, 0.3) is 16.7 Å². The molecule has 0 unspecified atom stereocenters. The number of aromatic nitrogens is 3. The van der Waals surface area contributed by atoms with E-state index in [9.17, 15) is 14.3 Å². The number of ether oxygens (including phenoxy) is 4. The van der Waals surface area contributed by atoms with E-state index >= 15 is 0 Å². The summed E-state index contributed by atoms with van der Waals surface area (Å²) in [7, 11) is 0. The highest BCUT2D eigenvalue weighted by Crippen LogP contribution is 2.48. The van der Waals surface area contributed by atoms with E-state index in [1.54, 1.807) is 31.2 Å². The maximum absolute atomic E-state index is 14.8. The maximum Gasteiger partial charge on any atom is 0.354 e. The Bertz CT molecular complexity index is 1750. The minimum Gasteiger partial charge on any atom is -0.477 e. The standard InChI is InChI=1S/C31H27ClFN3O6/c1-31(22-8-6-18(32)13-23(22)33)41-26-4-2-3-21(28(26)42-31)17-5-7-19(40-16-17)14-27-34-24-9-10-25(30(37)38)35-29(24)36(27)15-20-11-12-39-20/h2-6,8-10,13,19-20H,7,11-12,14-16H2,1H3,(H,37,38)/t19-,20-,31-/m0/s1. The van der Waals surface area contributed by atoms with Gasteiger partial charge in [0.15, 0.2) is 22.8 Å². The molecule has 7 rings (SSSR count). The lowest BCUT2D eigenvalue weighted by atomic mass is 9.99. The van der Waals surface area contributed by atoms with Gasteiger partial charge in [-0.1, -0.05) is 29.8 Å². The number of rotatable bonds is 7. The highest BCUT2D eigenvalue weighted by molar-refractivity contribution is 6.30. The first-order valence-electron chi connectivity index (χ1n) is 13.8. The minimum absolute atomic E-state index is 0.0253. The third-order valence-electron chi connectivity index (χ3n) is 7.93. The molecule has 3 atom stereocenters. The number of benzene rings is 2. The van der Waals surface area contributed by atoms with Gasteiger partial charge in [0, 0.05) is 30.5 Å². The molecule has 0 spiro atoms. The maximum atomic E-state index is 14.8. The van der Waals surface area contributed by atoms with Crippen molar-refractivity contribution in [2.24, 2.45) is 0 Å². The molecule has 5 heterocycles. The van der Waals surface area contributed by atoms with Gasteiger partial charge in [-0.05, 0) is 54.8 Å². The van der Waals surface area contributed by atoms with Crippen molar-refractivity contribution in [2.45, 2.75) is 50.7 Å². The van der Waals surface area contributed by atoms with Crippen LogP contribution in [-0.2, 0) is 28.2 Å². The third-order valence-corrected chi connectivity index (χ3v) is 8.16. The molecular weight excluding hydrogens is 565 g/mol. The molecule has 0 saturated carbocycles. The Morgan fingerprint density at radius 1 is 1.14 bits per heavy atom. The van der Waals surface area contributed by atoms with Crippen molar-refractivity contribution >= 4 is 34.3 Å². The van der Waals surface area contributed by atoms with Gasteiger partial charge in [-0.15, -0.1) is 0 Å². The SMILES string of the molecule is C[C@]1(c2ccc(Cl)cc2F)Oc2cccc(C3=CC[C@@H](Cc4nc5ccc(C(=O)O)nc5n4C[C@@H]4CCO4)OC3)c2O1. The average Bonchev–Trinajstić information content (AvgIpc) is 3.47. The quantitative estimate of drug-likeness (QED) is 0.289. The summed E-state index contributed by atoms with van der Waals surface area (Å²) in [5, 5.41) is 9.74. The van der Waals surface area contributed by atoms with E-state index in [0.717, 1.165) is 23.4 Å². The van der Waals surface area contributed by atoms with Gasteiger partial charge in [0.05, 0.1) is 30.9 Å². The number of hydrogen-bond donors (Lipinski definition) is 1. The van der Waals surface area contributed by atoms with Gasteiger partial charge in [-0.3, -0.25) is 0 Å². The van der Waals surface area contributed by atoms with Crippen molar-refractivity contribution in [1.82, 2.24) is 14.5 Å². The normalized spacial score (nSPS) is 23.1. The van der Waals surface area contributed by atoms with Crippen LogP contribution in [0.2, 0.25) is 5.02 Å². The summed E-state index contributed by atoms with van der Waals surface area (Å²) in [6.07, 6.45) is 4.10. The second kappa shape index (κ2) is 10.4. The molecule has 42 heavy (non-hydrogen) atoms. The number of halogens is 2. The van der Waals surface area contributed by atoms with Gasteiger partial charge in [-0.25, -0.2) is 19.2 Å². The molecule has 4 aromatic rings. The number of carbonyl (C=O) groups is 1. The highest BCUT2D eigenvalue weighted by atomic mass is 35.5. The van der Waals surface area contributed by atoms with Gasteiger partial charge in [0.25, 0.3) is 5.79 Å². The Hall–Kier alpha value is -3.99. The van der Waals surface area contributed by atoms with Crippen molar-refractivity contribution in [2.75, 3.05) is 13.2 Å². The van der Waals surface area contributed by atoms with E-state index in [1.165, 1.54) is 12.1 Å². The number of pyridine rings is 1. The number of fused-ring (bicyclic) bond motifs is 2. The fraction of sp³-hybridized carbons (Fsp3) is 0.323. The smallest absolute Gasteiger partial charge is 0.354 e. The number of carboxylic acid groups (broad SMARTS) is 1. The Kier molecular flexibility index (Phi) is 6.64. The van der Waals surface area contributed by atoms with Crippen LogP contribution in [0.15, 0.2) is 54.6 Å². The number of nitrogens with zero attached hydrogens (tertiary/aromatic N) is 3. The summed E-state index contributed by atoms with van der Waals surface area (Å²) in [6.45, 7) is 3.28. The number of aromatic carboxylic acids is 1. The Morgan fingerprint density at radius 3 is 2.71 bits per heavy atom. The van der Waals surface area contributed by atoms with E-state index in [-0.39, 0.29) is 23.5 Å². The second-order valence-corrected chi connectivity index (χ2v) is 11.2. The van der Waals surface area contributed by atoms with Crippen LogP contribution in [0.4, 0.5) is 4.39 Å². The van der Waals surface area contributed by atoms with Gasteiger partial charge < -0.3 is 28.6 Å². The average molecular weight is 592 g/mol. The van der Waals surface area contributed by atoms with Crippen LogP contribution in [0.3, 0.4) is 0 Å². The summed E-state index contributed by atoms with van der Waals surface area (Å²) >= 11 is 5.95. The first-order chi connectivity index (χ1) is 20.3. The zero-order valence-electron chi connectivity index (χ0n) is 22.7. The molecule has 2 aromatic carbocycles. The summed E-state index contributed by atoms with van der Waals surface area (Å²) in [6, 6.07) is 13.2. The van der Waals surface area contributed by atoms with E-state index < -0.39 is 17.6 Å². The fourth-order valence-electron chi connectivity index (χ4n) is 5.64. The van der Waals surface area contributed by atoms with Crippen LogP contribution in [0.1, 0.15) is 47.2 Å². The summed E-state index contributed by atoms with van der Waals surface area (Å²) in [4.78, 5) is 20.7. The van der Waals surface area contributed by atoms with E-state index in [4.69, 9.17) is 35.5 Å². The van der Waals surface area contributed by atoms with E-state index in [1.807, 2.05) is 16.7 Å². The Morgan fingerprint density at radius 2 is 2.00 bits per heavy atom. The number of hydrogen-bond acceptors (Lipinski definition) is 7. The Labute approximate surface area is 245 Å². The molecule has 11 heteroatoms. The van der Waals surface area contributed by atoms with Crippen molar-refractivity contribution in [3.63, 3.8) is 0 Å². The number of para-hydroxylation sites is 1. The zero-order chi connectivity index (χ0) is 29.0. The molecule has 1 fully saturated rings. The lowest BCUT2D eigenvalue weighted by Gasteiger charge is -2.28. The molecule has 0 amide bonds. The van der Waals surface area contributed by atoms with Gasteiger partial charge in [0.1, 0.15) is 17.2 Å². The molecule has 1 N–H and O–H groups in total. The molecule has 9 nitrogen and oxygen atoms in total. The highest BCUT2D eigenvalue weighted by Gasteiger charge is 2.42. The third kappa shape index (κ3) is 4.79. The Balaban J connectivity index is 1.12. The first-order valence-corrected chi connectivity index (χ1v) is 14.1. The topological polar surface area (TPSA) is 105 Å². The van der Waals surface area contributed by atoms with Crippen LogP contribution < -0.4 is 9.47 Å².